The number of fused-ring (bicyclic) bond motifs is 3. The monoisotopic (exact) mass is 420 g/mol. The summed E-state index contributed by atoms with van der Waals surface area (Å²) in [4.78, 5) is 13.8. The maximum absolute atomic E-state index is 13.8. The number of hydrogen-bond acceptors (Lipinski definition) is 1. The lowest BCUT2D eigenvalue weighted by Gasteiger charge is -2.38. The summed E-state index contributed by atoms with van der Waals surface area (Å²) >= 11 is 0. The third-order valence-electron chi connectivity index (χ3n) is 11.3. The van der Waals surface area contributed by atoms with E-state index in [1.54, 1.807) is 22.3 Å². The van der Waals surface area contributed by atoms with Gasteiger partial charge in [-0.25, -0.2) is 0 Å². The Kier molecular flexibility index (Phi) is 3.17. The molecule has 0 aliphatic heterocycles. The fourth-order valence-corrected chi connectivity index (χ4v) is 10.4. The highest BCUT2D eigenvalue weighted by Crippen LogP contribution is 2.59. The molecule has 4 fully saturated rings. The molecule has 0 spiro atoms. The van der Waals surface area contributed by atoms with Gasteiger partial charge in [0.25, 0.3) is 0 Å². The molecule has 0 amide bonds. The largest absolute Gasteiger partial charge is 0.289 e. The molecular weight excluding hydrogens is 388 g/mol. The van der Waals surface area contributed by atoms with Crippen molar-refractivity contribution in [1.29, 1.82) is 0 Å². The van der Waals surface area contributed by atoms with Crippen molar-refractivity contribution in [3.8, 4) is 11.1 Å². The predicted octanol–water partition coefficient (Wildman–Crippen LogP) is 7.68. The molecule has 0 aromatic heterocycles. The molecule has 0 saturated heterocycles. The van der Waals surface area contributed by atoms with Gasteiger partial charge in [0.15, 0.2) is 5.78 Å². The molecule has 32 heavy (non-hydrogen) atoms. The van der Waals surface area contributed by atoms with Crippen LogP contribution in [0.3, 0.4) is 0 Å². The summed E-state index contributed by atoms with van der Waals surface area (Å²) in [5, 5.41) is 0. The number of benzene rings is 2. The molecule has 2 aromatic rings. The second-order valence-corrected chi connectivity index (χ2v) is 13.0. The summed E-state index contributed by atoms with van der Waals surface area (Å²) in [6.07, 6.45) is 14.0. The Morgan fingerprint density at radius 1 is 0.406 bits per heavy atom. The van der Waals surface area contributed by atoms with Crippen molar-refractivity contribution >= 4 is 5.78 Å². The van der Waals surface area contributed by atoms with Gasteiger partial charge in [-0.3, -0.25) is 4.79 Å². The highest BCUT2D eigenvalue weighted by Gasteiger charge is 2.45. The lowest BCUT2D eigenvalue weighted by molar-refractivity contribution is 0.104. The van der Waals surface area contributed by atoms with E-state index in [1.165, 1.54) is 75.3 Å². The predicted molar refractivity (Wildman–Crippen MR) is 126 cm³/mol. The Hall–Kier alpha value is -1.89. The van der Waals surface area contributed by atoms with Crippen LogP contribution in [0.1, 0.15) is 126 Å². The molecule has 0 heterocycles. The van der Waals surface area contributed by atoms with Crippen molar-refractivity contribution in [2.45, 2.75) is 87.9 Å². The second-order valence-electron chi connectivity index (χ2n) is 13.0. The van der Waals surface area contributed by atoms with E-state index in [1.807, 2.05) is 0 Å². The second kappa shape index (κ2) is 5.78. The van der Waals surface area contributed by atoms with Crippen molar-refractivity contribution in [3.63, 3.8) is 0 Å². The Morgan fingerprint density at radius 2 is 0.688 bits per heavy atom. The minimum atomic E-state index is 0.327. The smallest absolute Gasteiger partial charge is 0.194 e. The molecule has 9 aliphatic carbocycles. The average Bonchev–Trinajstić information content (AvgIpc) is 2.85. The van der Waals surface area contributed by atoms with E-state index < -0.39 is 0 Å². The standard InChI is InChI=1S/C31H32O/c32-31-29-13-25-21-7-15-1-16(8-21)4-19(3-15)23(25)11-27(29)28-12-24-20-5-17-2-18(6-20)10-22(9-17)26(24)14-30(28)31/h11-22H,1-10H2/t15-,16?,17?,18?,19?,20?,21?,22?/m0/s1. The highest BCUT2D eigenvalue weighted by molar-refractivity contribution is 6.22. The number of carbonyl (C=O) groups is 1. The summed E-state index contributed by atoms with van der Waals surface area (Å²) in [6.45, 7) is 0. The molecule has 1 heteroatoms. The zero-order valence-corrected chi connectivity index (χ0v) is 18.9. The number of ketones is 1. The van der Waals surface area contributed by atoms with Gasteiger partial charge in [0.05, 0.1) is 0 Å². The van der Waals surface area contributed by atoms with Crippen LogP contribution in [0, 0.1) is 23.7 Å². The third kappa shape index (κ3) is 2.15. The molecule has 6 atom stereocenters. The van der Waals surface area contributed by atoms with Crippen molar-refractivity contribution < 1.29 is 4.79 Å². The fraction of sp³-hybridized carbons (Fsp3) is 0.581. The lowest BCUT2D eigenvalue weighted by Crippen LogP contribution is -2.25. The van der Waals surface area contributed by atoms with Crippen LogP contribution < -0.4 is 0 Å². The third-order valence-corrected chi connectivity index (χ3v) is 11.3. The van der Waals surface area contributed by atoms with Gasteiger partial charge in [-0.1, -0.05) is 0 Å². The first kappa shape index (κ1) is 17.6. The van der Waals surface area contributed by atoms with Crippen molar-refractivity contribution in [1.82, 2.24) is 0 Å². The maximum Gasteiger partial charge on any atom is 0.194 e. The molecule has 0 radical (unpaired) electrons. The molecule has 162 valence electrons. The van der Waals surface area contributed by atoms with Crippen LogP contribution in [0.25, 0.3) is 11.1 Å². The van der Waals surface area contributed by atoms with Gasteiger partial charge < -0.3 is 0 Å². The van der Waals surface area contributed by atoms with Gasteiger partial charge >= 0.3 is 0 Å². The van der Waals surface area contributed by atoms with Crippen LogP contribution in [0.2, 0.25) is 0 Å². The molecule has 8 bridgehead atoms. The summed E-state index contributed by atoms with van der Waals surface area (Å²) in [7, 11) is 0. The molecule has 4 saturated carbocycles. The lowest BCUT2D eigenvalue weighted by atomic mass is 9.67. The SMILES string of the molecule is O=C1c2cc3c(cc2-c2cc4c(cc21)C1CC2CC4C[C@H](C2)C1)C1CC2CC(CC3C2)C1. The fourth-order valence-electron chi connectivity index (χ4n) is 10.4. The molecular formula is C31H32O. The highest BCUT2D eigenvalue weighted by atomic mass is 16.1. The summed E-state index contributed by atoms with van der Waals surface area (Å²) in [5.74, 6) is 6.99. The first-order chi connectivity index (χ1) is 15.7. The maximum atomic E-state index is 13.8. The number of rotatable bonds is 0. The van der Waals surface area contributed by atoms with Crippen LogP contribution in [0.5, 0.6) is 0 Å². The molecule has 1 nitrogen and oxygen atoms in total. The van der Waals surface area contributed by atoms with Gasteiger partial charge in [-0.05, 0) is 169 Å². The van der Waals surface area contributed by atoms with E-state index in [9.17, 15) is 4.79 Å². The minimum Gasteiger partial charge on any atom is -0.289 e. The number of carbonyl (C=O) groups excluding carboxylic acids is 1. The van der Waals surface area contributed by atoms with Crippen LogP contribution >= 0.6 is 0 Å². The minimum absolute atomic E-state index is 0.327. The van der Waals surface area contributed by atoms with Gasteiger partial charge in [0.1, 0.15) is 0 Å². The summed E-state index contributed by atoms with van der Waals surface area (Å²) in [6, 6.07) is 9.83. The number of hydrogen-bond donors (Lipinski definition) is 0. The van der Waals surface area contributed by atoms with E-state index in [0.29, 0.717) is 17.6 Å². The zero-order valence-electron chi connectivity index (χ0n) is 18.9. The molecule has 2 aromatic carbocycles. The van der Waals surface area contributed by atoms with E-state index in [4.69, 9.17) is 0 Å². The first-order valence-electron chi connectivity index (χ1n) is 13.6. The van der Waals surface area contributed by atoms with E-state index in [2.05, 4.69) is 24.3 Å². The topological polar surface area (TPSA) is 17.1 Å². The van der Waals surface area contributed by atoms with Gasteiger partial charge in [-0.2, -0.15) is 0 Å². The molecule has 11 rings (SSSR count). The van der Waals surface area contributed by atoms with Gasteiger partial charge in [-0.15, -0.1) is 0 Å². The Balaban J connectivity index is 1.24. The quantitative estimate of drug-likeness (QED) is 0.364. The van der Waals surface area contributed by atoms with E-state index in [-0.39, 0.29) is 0 Å². The molecule has 5 unspecified atom stereocenters. The average molecular weight is 421 g/mol. The van der Waals surface area contributed by atoms with Crippen molar-refractivity contribution in [2.24, 2.45) is 23.7 Å². The summed E-state index contributed by atoms with van der Waals surface area (Å²) < 4.78 is 0. The first-order valence-corrected chi connectivity index (χ1v) is 13.6. The van der Waals surface area contributed by atoms with Crippen molar-refractivity contribution in [2.75, 3.05) is 0 Å². The van der Waals surface area contributed by atoms with E-state index in [0.717, 1.165) is 46.6 Å². The Morgan fingerprint density at radius 3 is 1.00 bits per heavy atom. The van der Waals surface area contributed by atoms with Gasteiger partial charge in [0, 0.05) is 11.1 Å². The Labute approximate surface area is 191 Å². The Bertz CT molecular complexity index is 1100. The van der Waals surface area contributed by atoms with Crippen LogP contribution in [0.4, 0.5) is 0 Å². The normalized spacial score (nSPS) is 41.2. The van der Waals surface area contributed by atoms with Crippen LogP contribution in [0.15, 0.2) is 24.3 Å². The molecule has 9 aliphatic rings. The van der Waals surface area contributed by atoms with Gasteiger partial charge in [0.2, 0.25) is 0 Å². The van der Waals surface area contributed by atoms with E-state index >= 15 is 0 Å². The summed E-state index contributed by atoms with van der Waals surface area (Å²) in [5.41, 5.74) is 11.1. The molecule has 0 N–H and O–H groups in total. The zero-order chi connectivity index (χ0) is 20.7. The van der Waals surface area contributed by atoms with Crippen LogP contribution in [-0.2, 0) is 0 Å². The van der Waals surface area contributed by atoms with Crippen LogP contribution in [-0.4, -0.2) is 5.78 Å². The van der Waals surface area contributed by atoms with Crippen molar-refractivity contribution in [3.05, 3.63) is 57.6 Å².